The number of hydrogen-bond acceptors (Lipinski definition) is 7. The van der Waals surface area contributed by atoms with Crippen molar-refractivity contribution in [3.63, 3.8) is 0 Å². The van der Waals surface area contributed by atoms with Gasteiger partial charge >= 0.3 is 5.97 Å². The van der Waals surface area contributed by atoms with Crippen molar-refractivity contribution in [3.05, 3.63) is 46.5 Å². The fourth-order valence-electron chi connectivity index (χ4n) is 3.07. The van der Waals surface area contributed by atoms with Crippen molar-refractivity contribution in [2.45, 2.75) is 19.8 Å². The Morgan fingerprint density at radius 2 is 2.12 bits per heavy atom. The summed E-state index contributed by atoms with van der Waals surface area (Å²) in [7, 11) is 3.13. The molecule has 2 heterocycles. The molecular weight excluding hydrogens is 338 g/mol. The van der Waals surface area contributed by atoms with Crippen LogP contribution in [0, 0.1) is 6.92 Å². The van der Waals surface area contributed by atoms with Crippen molar-refractivity contribution >= 4 is 5.97 Å². The summed E-state index contributed by atoms with van der Waals surface area (Å²) in [5.74, 6) is 0.395. The average Bonchev–Trinajstić information content (AvgIpc) is 3.00. The maximum atomic E-state index is 12.6. The number of H-pyrrole nitrogens is 1. The third-order valence-corrected chi connectivity index (χ3v) is 4.26. The Hall–Kier alpha value is -3.16. The highest BCUT2D eigenvalue weighted by molar-refractivity contribution is 5.93. The first-order valence-electron chi connectivity index (χ1n) is 8.13. The Morgan fingerprint density at radius 1 is 1.35 bits per heavy atom. The summed E-state index contributed by atoms with van der Waals surface area (Å²) in [5.41, 5.74) is 8.47. The summed E-state index contributed by atoms with van der Waals surface area (Å²) in [4.78, 5) is 12.6. The summed E-state index contributed by atoms with van der Waals surface area (Å²) >= 11 is 0. The second-order valence-electron chi connectivity index (χ2n) is 5.71. The molecule has 1 aliphatic rings. The van der Waals surface area contributed by atoms with E-state index in [-0.39, 0.29) is 18.1 Å². The van der Waals surface area contributed by atoms with Crippen molar-refractivity contribution in [1.82, 2.24) is 10.2 Å². The molecule has 3 rings (SSSR count). The second kappa shape index (κ2) is 6.99. The van der Waals surface area contributed by atoms with Gasteiger partial charge in [0.05, 0.1) is 26.7 Å². The minimum Gasteiger partial charge on any atom is -0.497 e. The Bertz CT molecular complexity index is 872. The largest absolute Gasteiger partial charge is 0.497 e. The maximum absolute atomic E-state index is 12.6. The van der Waals surface area contributed by atoms with Crippen molar-refractivity contribution in [3.8, 4) is 17.4 Å². The minimum absolute atomic E-state index is 0.0367. The van der Waals surface area contributed by atoms with Gasteiger partial charge in [-0.25, -0.2) is 4.79 Å². The predicted octanol–water partition coefficient (Wildman–Crippen LogP) is 1.99. The van der Waals surface area contributed by atoms with E-state index in [2.05, 4.69) is 10.2 Å². The van der Waals surface area contributed by atoms with Crippen molar-refractivity contribution < 1.29 is 23.7 Å². The molecule has 0 radical (unpaired) electrons. The maximum Gasteiger partial charge on any atom is 0.340 e. The van der Waals surface area contributed by atoms with E-state index in [0.29, 0.717) is 22.9 Å². The molecule has 3 N–H and O–H groups in total. The van der Waals surface area contributed by atoms with Gasteiger partial charge in [-0.2, -0.15) is 0 Å². The summed E-state index contributed by atoms with van der Waals surface area (Å²) in [6.45, 7) is 3.80. The zero-order valence-electron chi connectivity index (χ0n) is 15.1. The SMILES string of the molecule is CCOC(=O)C1=C(N)Oc2n[nH]c(C)c2[C@@H]1c1ccc(OC)cc1OC. The molecule has 1 aliphatic heterocycles. The first kappa shape index (κ1) is 17.7. The van der Waals surface area contributed by atoms with Crippen molar-refractivity contribution in [2.75, 3.05) is 20.8 Å². The van der Waals surface area contributed by atoms with Gasteiger partial charge in [0.2, 0.25) is 11.8 Å². The zero-order valence-corrected chi connectivity index (χ0v) is 15.1. The monoisotopic (exact) mass is 359 g/mol. The number of fused-ring (bicyclic) bond motifs is 1. The molecule has 1 aromatic heterocycles. The fraction of sp³-hybridized carbons (Fsp3) is 0.333. The van der Waals surface area contributed by atoms with Crippen LogP contribution in [-0.2, 0) is 9.53 Å². The first-order chi connectivity index (χ1) is 12.5. The molecule has 1 aromatic carbocycles. The number of carbonyl (C=O) groups excluding carboxylic acids is 1. The number of benzene rings is 1. The number of aryl methyl sites for hydroxylation is 1. The molecule has 0 fully saturated rings. The molecule has 0 spiro atoms. The Kier molecular flexibility index (Phi) is 4.75. The Morgan fingerprint density at radius 3 is 2.77 bits per heavy atom. The van der Waals surface area contributed by atoms with Crippen LogP contribution in [0.3, 0.4) is 0 Å². The van der Waals surface area contributed by atoms with E-state index >= 15 is 0 Å². The minimum atomic E-state index is -0.544. The lowest BCUT2D eigenvalue weighted by Gasteiger charge is -2.27. The van der Waals surface area contributed by atoms with Crippen LogP contribution in [0.5, 0.6) is 17.4 Å². The van der Waals surface area contributed by atoms with Crippen LogP contribution in [0.1, 0.15) is 29.7 Å². The molecule has 8 heteroatoms. The van der Waals surface area contributed by atoms with Gasteiger partial charge in [0.15, 0.2) is 0 Å². The van der Waals surface area contributed by atoms with Crippen LogP contribution in [0.15, 0.2) is 29.7 Å². The van der Waals surface area contributed by atoms with Crippen LogP contribution in [-0.4, -0.2) is 37.0 Å². The van der Waals surface area contributed by atoms with E-state index in [0.717, 1.165) is 11.3 Å². The van der Waals surface area contributed by atoms with Crippen LogP contribution in [0.4, 0.5) is 0 Å². The van der Waals surface area contributed by atoms with Gasteiger partial charge in [-0.05, 0) is 19.9 Å². The third-order valence-electron chi connectivity index (χ3n) is 4.26. The number of aromatic amines is 1. The highest BCUT2D eigenvalue weighted by atomic mass is 16.5. The number of esters is 1. The number of ether oxygens (including phenoxy) is 4. The highest BCUT2D eigenvalue weighted by Gasteiger charge is 2.39. The van der Waals surface area contributed by atoms with Gasteiger partial charge in [-0.3, -0.25) is 5.10 Å². The van der Waals surface area contributed by atoms with Gasteiger partial charge in [-0.15, -0.1) is 5.10 Å². The molecule has 0 saturated heterocycles. The van der Waals surface area contributed by atoms with Crippen LogP contribution in [0.25, 0.3) is 0 Å². The fourth-order valence-corrected chi connectivity index (χ4v) is 3.07. The lowest BCUT2D eigenvalue weighted by Crippen LogP contribution is -2.27. The van der Waals surface area contributed by atoms with Crippen LogP contribution >= 0.6 is 0 Å². The van der Waals surface area contributed by atoms with E-state index in [4.69, 9.17) is 24.7 Å². The number of methoxy groups -OCH3 is 2. The Balaban J connectivity index is 2.23. The number of nitrogens with two attached hydrogens (primary N) is 1. The van der Waals surface area contributed by atoms with E-state index in [1.165, 1.54) is 0 Å². The molecule has 0 aliphatic carbocycles. The van der Waals surface area contributed by atoms with E-state index in [9.17, 15) is 4.79 Å². The smallest absolute Gasteiger partial charge is 0.340 e. The van der Waals surface area contributed by atoms with Crippen molar-refractivity contribution in [1.29, 1.82) is 0 Å². The highest BCUT2D eigenvalue weighted by Crippen LogP contribution is 2.46. The number of rotatable bonds is 5. The van der Waals surface area contributed by atoms with Gasteiger partial charge in [-0.1, -0.05) is 6.07 Å². The molecule has 26 heavy (non-hydrogen) atoms. The van der Waals surface area contributed by atoms with Gasteiger partial charge in [0, 0.05) is 22.9 Å². The normalized spacial score (nSPS) is 15.9. The number of aromatic nitrogens is 2. The molecule has 0 unspecified atom stereocenters. The third kappa shape index (κ3) is 2.83. The first-order valence-corrected chi connectivity index (χ1v) is 8.13. The molecule has 2 aromatic rings. The number of hydrogen-bond donors (Lipinski definition) is 2. The molecule has 0 amide bonds. The standard InChI is InChI=1S/C18H21N3O5/c1-5-25-18(22)15-14(11-7-6-10(23-3)8-12(11)24-4)13-9(2)20-21-17(13)26-16(15)19/h6-8,14H,5,19H2,1-4H3,(H,20,21)/t14-/m0/s1. The molecule has 8 nitrogen and oxygen atoms in total. The quantitative estimate of drug-likeness (QED) is 0.786. The number of carbonyl (C=O) groups is 1. The predicted molar refractivity (Wildman–Crippen MR) is 93.2 cm³/mol. The van der Waals surface area contributed by atoms with E-state index in [1.807, 2.05) is 13.0 Å². The Labute approximate surface area is 150 Å². The summed E-state index contributed by atoms with van der Waals surface area (Å²) in [6.07, 6.45) is 0. The summed E-state index contributed by atoms with van der Waals surface area (Å²) in [6, 6.07) is 5.37. The topological polar surface area (TPSA) is 109 Å². The van der Waals surface area contributed by atoms with Gasteiger partial charge < -0.3 is 24.7 Å². The van der Waals surface area contributed by atoms with Crippen LogP contribution in [0.2, 0.25) is 0 Å². The molecule has 1 atom stereocenters. The number of nitrogens with one attached hydrogen (secondary N) is 1. The van der Waals surface area contributed by atoms with E-state index in [1.54, 1.807) is 33.3 Å². The van der Waals surface area contributed by atoms with Crippen LogP contribution < -0.4 is 19.9 Å². The second-order valence-corrected chi connectivity index (χ2v) is 5.71. The van der Waals surface area contributed by atoms with Gasteiger partial charge in [0.25, 0.3) is 0 Å². The molecule has 0 bridgehead atoms. The van der Waals surface area contributed by atoms with Crippen molar-refractivity contribution in [2.24, 2.45) is 5.73 Å². The summed E-state index contributed by atoms with van der Waals surface area (Å²) < 4.78 is 21.5. The van der Waals surface area contributed by atoms with Gasteiger partial charge in [0.1, 0.15) is 17.1 Å². The average molecular weight is 359 g/mol. The number of nitrogens with zero attached hydrogens (tertiary/aromatic N) is 1. The lowest BCUT2D eigenvalue weighted by atomic mass is 9.83. The molecular formula is C18H21N3O5. The molecule has 138 valence electrons. The molecule has 0 saturated carbocycles. The zero-order chi connectivity index (χ0) is 18.8. The lowest BCUT2D eigenvalue weighted by molar-refractivity contribution is -0.139. The van der Waals surface area contributed by atoms with E-state index < -0.39 is 11.9 Å². The summed E-state index contributed by atoms with van der Waals surface area (Å²) in [5, 5.41) is 7.01.